The van der Waals surface area contributed by atoms with Gasteiger partial charge in [-0.3, -0.25) is 15.0 Å². The summed E-state index contributed by atoms with van der Waals surface area (Å²) in [6.45, 7) is 15.3. The average Bonchev–Trinajstić information content (AvgIpc) is 3.05. The fraction of sp³-hybridized carbons (Fsp3) is 0.471. The zero-order chi connectivity index (χ0) is 18.9. The Hall–Kier alpha value is -2.95. The second kappa shape index (κ2) is 6.51. The summed E-state index contributed by atoms with van der Waals surface area (Å²) < 4.78 is 1.49. The minimum atomic E-state index is -0.440. The molecule has 0 unspecified atom stereocenters. The van der Waals surface area contributed by atoms with Crippen LogP contribution in [-0.2, 0) is 5.54 Å². The van der Waals surface area contributed by atoms with Gasteiger partial charge in [0, 0.05) is 0 Å². The molecular weight excluding hydrogens is 318 g/mol. The first-order valence-electron chi connectivity index (χ1n) is 7.99. The molecule has 2 rings (SSSR count). The summed E-state index contributed by atoms with van der Waals surface area (Å²) in [4.78, 5) is 12.7. The van der Waals surface area contributed by atoms with Gasteiger partial charge in [0.25, 0.3) is 5.56 Å². The highest BCUT2D eigenvalue weighted by molar-refractivity contribution is 5.68. The highest BCUT2D eigenvalue weighted by Crippen LogP contribution is 2.28. The lowest BCUT2D eigenvalue weighted by Crippen LogP contribution is -2.32. The van der Waals surface area contributed by atoms with Crippen molar-refractivity contribution in [3.05, 3.63) is 33.9 Å². The van der Waals surface area contributed by atoms with E-state index in [0.717, 1.165) is 0 Å². The van der Waals surface area contributed by atoms with Gasteiger partial charge in [0.15, 0.2) is 5.69 Å². The van der Waals surface area contributed by atoms with Gasteiger partial charge >= 0.3 is 0 Å². The van der Waals surface area contributed by atoms with Crippen LogP contribution in [0.2, 0.25) is 0 Å². The van der Waals surface area contributed by atoms with Crippen molar-refractivity contribution in [2.75, 3.05) is 0 Å². The van der Waals surface area contributed by atoms with E-state index in [-0.39, 0.29) is 23.0 Å². The molecule has 0 saturated heterocycles. The van der Waals surface area contributed by atoms with Crippen molar-refractivity contribution in [2.45, 2.75) is 53.0 Å². The van der Waals surface area contributed by atoms with Crippen molar-refractivity contribution in [1.82, 2.24) is 20.0 Å². The Bertz CT molecular complexity index is 926. The first kappa shape index (κ1) is 18.4. The highest BCUT2D eigenvalue weighted by Gasteiger charge is 2.23. The van der Waals surface area contributed by atoms with Gasteiger partial charge in [-0.25, -0.2) is 4.68 Å². The van der Waals surface area contributed by atoms with Gasteiger partial charge in [0.2, 0.25) is 5.82 Å². The zero-order valence-electron chi connectivity index (χ0n) is 15.4. The third kappa shape index (κ3) is 3.45. The van der Waals surface area contributed by atoms with E-state index in [0.29, 0.717) is 22.5 Å². The first-order valence-corrected chi connectivity index (χ1v) is 7.99. The van der Waals surface area contributed by atoms with Crippen molar-refractivity contribution in [2.24, 2.45) is 10.2 Å². The molecule has 0 aromatic carbocycles. The van der Waals surface area contributed by atoms with Gasteiger partial charge in [-0.15, -0.1) is 10.2 Å². The maximum Gasteiger partial charge on any atom is 0.295 e. The molecule has 0 saturated carbocycles. The van der Waals surface area contributed by atoms with E-state index in [4.69, 9.17) is 0 Å². The van der Waals surface area contributed by atoms with Gasteiger partial charge in [-0.05, 0) is 39.2 Å². The molecule has 2 heterocycles. The van der Waals surface area contributed by atoms with Crippen molar-refractivity contribution in [3.8, 4) is 6.07 Å². The van der Waals surface area contributed by atoms with Gasteiger partial charge in [0.1, 0.15) is 11.6 Å². The Morgan fingerprint density at radius 2 is 2.00 bits per heavy atom. The summed E-state index contributed by atoms with van der Waals surface area (Å²) in [5, 5.41) is 27.3. The molecule has 0 bridgehead atoms. The molecule has 0 aliphatic heterocycles. The van der Waals surface area contributed by atoms with E-state index in [1.165, 1.54) is 4.68 Å². The number of aromatic amines is 2. The van der Waals surface area contributed by atoms with E-state index in [1.807, 2.05) is 34.6 Å². The van der Waals surface area contributed by atoms with Crippen molar-refractivity contribution >= 4 is 17.1 Å². The molecule has 2 N–H and O–H groups in total. The molecule has 0 spiro atoms. The summed E-state index contributed by atoms with van der Waals surface area (Å²) in [5.74, 6) is 0.268. The Labute approximate surface area is 146 Å². The van der Waals surface area contributed by atoms with Crippen LogP contribution in [-0.4, -0.2) is 20.0 Å². The molecule has 0 radical (unpaired) electrons. The number of nitriles is 1. The molecule has 0 atom stereocenters. The highest BCUT2D eigenvalue weighted by atomic mass is 16.1. The Kier molecular flexibility index (Phi) is 4.79. The quantitative estimate of drug-likeness (QED) is 0.816. The maximum absolute atomic E-state index is 12.7. The predicted molar refractivity (Wildman–Crippen MR) is 96.3 cm³/mol. The van der Waals surface area contributed by atoms with Gasteiger partial charge in [-0.2, -0.15) is 10.4 Å². The summed E-state index contributed by atoms with van der Waals surface area (Å²) in [5.41, 5.74) is 1.62. The van der Waals surface area contributed by atoms with Crippen molar-refractivity contribution in [1.29, 1.82) is 5.26 Å². The second-order valence-electron chi connectivity index (χ2n) is 7.23. The second-order valence-corrected chi connectivity index (χ2v) is 7.23. The lowest BCUT2D eigenvalue weighted by molar-refractivity contribution is 0.345. The summed E-state index contributed by atoms with van der Waals surface area (Å²) in [7, 11) is 0. The maximum atomic E-state index is 12.7. The Morgan fingerprint density at radius 3 is 2.48 bits per heavy atom. The number of H-pyrrole nitrogens is 2. The number of rotatable bonds is 4. The lowest BCUT2D eigenvalue weighted by Gasteiger charge is -2.18. The van der Waals surface area contributed by atoms with Crippen LogP contribution in [0.25, 0.3) is 5.57 Å². The number of hydrogen-bond donors (Lipinski definition) is 2. The van der Waals surface area contributed by atoms with E-state index in [9.17, 15) is 10.1 Å². The molecule has 0 amide bonds. The number of nitrogens with zero attached hydrogens (tertiary/aromatic N) is 5. The number of allylic oxidation sites excluding steroid dienone is 1. The molecule has 25 heavy (non-hydrogen) atoms. The van der Waals surface area contributed by atoms with E-state index in [2.05, 4.69) is 38.2 Å². The van der Waals surface area contributed by atoms with Crippen LogP contribution < -0.4 is 5.56 Å². The van der Waals surface area contributed by atoms with E-state index >= 15 is 0 Å². The molecule has 8 heteroatoms. The standard InChI is InChI=1S/C17H23N7O/c1-9(2)12-11(8-18)15(21-19-12)22-20-14-13(10(3)4)23-24(16(14)25)17(5,6)7/h9,23H,3H2,1-2,4-7H3,(H,19,21). The summed E-state index contributed by atoms with van der Waals surface area (Å²) in [6.07, 6.45) is 0. The summed E-state index contributed by atoms with van der Waals surface area (Å²) in [6, 6.07) is 2.09. The molecule has 2 aromatic heterocycles. The van der Waals surface area contributed by atoms with Crippen LogP contribution in [0.5, 0.6) is 0 Å². The van der Waals surface area contributed by atoms with Crippen LogP contribution in [0, 0.1) is 11.3 Å². The monoisotopic (exact) mass is 341 g/mol. The minimum absolute atomic E-state index is 0.0995. The molecule has 0 fully saturated rings. The topological polar surface area (TPSA) is 115 Å². The largest absolute Gasteiger partial charge is 0.295 e. The smallest absolute Gasteiger partial charge is 0.293 e. The summed E-state index contributed by atoms with van der Waals surface area (Å²) >= 11 is 0. The normalized spacial score (nSPS) is 12.1. The molecule has 0 aliphatic rings. The van der Waals surface area contributed by atoms with Crippen LogP contribution in [0.3, 0.4) is 0 Å². The number of aromatic nitrogens is 4. The third-order valence-electron chi connectivity index (χ3n) is 3.67. The Balaban J connectivity index is 2.57. The van der Waals surface area contributed by atoms with Crippen LogP contribution in [0.4, 0.5) is 11.5 Å². The van der Waals surface area contributed by atoms with E-state index < -0.39 is 5.54 Å². The SMILES string of the molecule is C=C(C)c1[nH]n(C(C)(C)C)c(=O)c1N=Nc1n[nH]c(C(C)C)c1C#N. The van der Waals surface area contributed by atoms with Crippen LogP contribution in [0.1, 0.15) is 64.4 Å². The molecule has 2 aromatic rings. The molecule has 0 aliphatic carbocycles. The van der Waals surface area contributed by atoms with Crippen molar-refractivity contribution < 1.29 is 0 Å². The van der Waals surface area contributed by atoms with Crippen molar-refractivity contribution in [3.63, 3.8) is 0 Å². The van der Waals surface area contributed by atoms with Gasteiger partial charge < -0.3 is 0 Å². The first-order chi connectivity index (χ1) is 11.6. The van der Waals surface area contributed by atoms with Crippen LogP contribution in [0.15, 0.2) is 21.6 Å². The van der Waals surface area contributed by atoms with E-state index in [1.54, 1.807) is 6.92 Å². The molecule has 8 nitrogen and oxygen atoms in total. The zero-order valence-corrected chi connectivity index (χ0v) is 15.4. The number of nitrogens with one attached hydrogen (secondary N) is 2. The van der Waals surface area contributed by atoms with Crippen LogP contribution >= 0.6 is 0 Å². The average molecular weight is 341 g/mol. The molecular formula is C17H23N7O. The fourth-order valence-electron chi connectivity index (χ4n) is 2.33. The predicted octanol–water partition coefficient (Wildman–Crippen LogP) is 4.10. The lowest BCUT2D eigenvalue weighted by atomic mass is 10.1. The number of azo groups is 1. The third-order valence-corrected chi connectivity index (χ3v) is 3.67. The molecule has 132 valence electrons. The fourth-order valence-corrected chi connectivity index (χ4v) is 2.33. The van der Waals surface area contributed by atoms with Gasteiger partial charge in [0.05, 0.1) is 16.9 Å². The number of hydrogen-bond acceptors (Lipinski definition) is 5. The minimum Gasteiger partial charge on any atom is -0.293 e. The Morgan fingerprint density at radius 1 is 1.36 bits per heavy atom. The van der Waals surface area contributed by atoms with Gasteiger partial charge in [-0.1, -0.05) is 20.4 Å².